The minimum absolute atomic E-state index is 0.307. The zero-order chi connectivity index (χ0) is 33.4. The van der Waals surface area contributed by atoms with Gasteiger partial charge < -0.3 is 4.57 Å². The van der Waals surface area contributed by atoms with Gasteiger partial charge in [0.25, 0.3) is 0 Å². The molecule has 49 heavy (non-hydrogen) atoms. The molecule has 0 N–H and O–H groups in total. The molecule has 0 radical (unpaired) electrons. The Labute approximate surface area is 279 Å². The standard InChI is InChI=1S/C44H29F4N/c1-2-3-18-49-42-23-35-27(8-15-32(25-4-9-28(45)10-5-25)44(35)26-6-11-29(46)12-7-26)19-40(42)41-22-38-33-16-13-30(47)20-36(33)37-21-31(48)14-17-34(37)39(38)24-43(41)49/h4-17,19-24H,2-3,18H2,1H3. The van der Waals surface area contributed by atoms with Crippen LogP contribution in [0.1, 0.15) is 19.8 Å². The molecule has 0 aliphatic carbocycles. The van der Waals surface area contributed by atoms with Gasteiger partial charge in [-0.2, -0.15) is 0 Å². The van der Waals surface area contributed by atoms with Gasteiger partial charge in [-0.1, -0.05) is 61.9 Å². The number of aryl methyl sites for hydroxylation is 1. The summed E-state index contributed by atoms with van der Waals surface area (Å²) < 4.78 is 59.7. The molecule has 0 aliphatic rings. The third kappa shape index (κ3) is 4.67. The number of fused-ring (bicyclic) bond motifs is 10. The van der Waals surface area contributed by atoms with Crippen LogP contribution in [0.2, 0.25) is 0 Å². The summed E-state index contributed by atoms with van der Waals surface area (Å²) in [5.74, 6) is -1.34. The third-order valence-electron chi connectivity index (χ3n) is 10.0. The average molecular weight is 648 g/mol. The number of nitrogens with zero attached hydrogens (tertiary/aromatic N) is 1. The Morgan fingerprint density at radius 2 is 0.939 bits per heavy atom. The van der Waals surface area contributed by atoms with E-state index in [1.165, 1.54) is 48.5 Å². The molecular formula is C44H29F4N. The molecule has 238 valence electrons. The highest BCUT2D eigenvalue weighted by Gasteiger charge is 2.19. The highest BCUT2D eigenvalue weighted by atomic mass is 19.1. The molecule has 0 spiro atoms. The summed E-state index contributed by atoms with van der Waals surface area (Å²) in [7, 11) is 0. The van der Waals surface area contributed by atoms with E-state index < -0.39 is 0 Å². The minimum Gasteiger partial charge on any atom is -0.340 e. The molecular weight excluding hydrogens is 618 g/mol. The normalized spacial score (nSPS) is 12.0. The van der Waals surface area contributed by atoms with E-state index in [1.807, 2.05) is 0 Å². The summed E-state index contributed by atoms with van der Waals surface area (Å²) in [6.45, 7) is 2.97. The van der Waals surface area contributed by atoms with E-state index in [9.17, 15) is 17.6 Å². The minimum atomic E-state index is -0.363. The molecule has 8 aromatic carbocycles. The summed E-state index contributed by atoms with van der Waals surface area (Å²) in [6.07, 6.45) is 1.98. The Morgan fingerprint density at radius 3 is 1.55 bits per heavy atom. The maximum atomic E-state index is 14.6. The third-order valence-corrected chi connectivity index (χ3v) is 10.0. The van der Waals surface area contributed by atoms with Gasteiger partial charge in [-0.3, -0.25) is 0 Å². The van der Waals surface area contributed by atoms with E-state index in [0.29, 0.717) is 10.8 Å². The lowest BCUT2D eigenvalue weighted by Crippen LogP contribution is -1.98. The van der Waals surface area contributed by atoms with Gasteiger partial charge in [0.2, 0.25) is 0 Å². The van der Waals surface area contributed by atoms with Crippen LogP contribution in [0.4, 0.5) is 17.6 Å². The molecule has 5 heteroatoms. The van der Waals surface area contributed by atoms with Gasteiger partial charge in [-0.25, -0.2) is 17.6 Å². The van der Waals surface area contributed by atoms with Crippen molar-refractivity contribution in [2.75, 3.05) is 0 Å². The maximum Gasteiger partial charge on any atom is 0.123 e. The first kappa shape index (κ1) is 29.5. The Kier molecular flexibility index (Phi) is 6.73. The highest BCUT2D eigenvalue weighted by molar-refractivity contribution is 6.29. The van der Waals surface area contributed by atoms with Crippen molar-refractivity contribution in [2.45, 2.75) is 26.3 Å². The molecule has 0 amide bonds. The fourth-order valence-electron chi connectivity index (χ4n) is 7.71. The molecule has 1 heterocycles. The number of aromatic nitrogens is 1. The van der Waals surface area contributed by atoms with E-state index >= 15 is 0 Å². The van der Waals surface area contributed by atoms with Gasteiger partial charge in [-0.05, 0) is 145 Å². The van der Waals surface area contributed by atoms with Crippen molar-refractivity contribution < 1.29 is 17.6 Å². The van der Waals surface area contributed by atoms with E-state index in [-0.39, 0.29) is 23.3 Å². The second-order valence-corrected chi connectivity index (χ2v) is 12.9. The van der Waals surface area contributed by atoms with E-state index in [2.05, 4.69) is 47.9 Å². The van der Waals surface area contributed by atoms with Crippen molar-refractivity contribution in [1.82, 2.24) is 4.57 Å². The lowest BCUT2D eigenvalue weighted by Gasteiger charge is -2.15. The van der Waals surface area contributed by atoms with Crippen LogP contribution in [0.5, 0.6) is 0 Å². The second-order valence-electron chi connectivity index (χ2n) is 12.9. The van der Waals surface area contributed by atoms with Crippen molar-refractivity contribution in [1.29, 1.82) is 0 Å². The summed E-state index contributed by atoms with van der Waals surface area (Å²) in [6, 6.07) is 35.5. The monoisotopic (exact) mass is 647 g/mol. The quantitative estimate of drug-likeness (QED) is 0.129. The molecule has 0 bridgehead atoms. The zero-order valence-corrected chi connectivity index (χ0v) is 26.6. The van der Waals surface area contributed by atoms with Gasteiger partial charge in [0.1, 0.15) is 23.3 Å². The molecule has 0 saturated carbocycles. The van der Waals surface area contributed by atoms with Crippen LogP contribution in [-0.4, -0.2) is 4.57 Å². The fourth-order valence-corrected chi connectivity index (χ4v) is 7.71. The van der Waals surface area contributed by atoms with Crippen molar-refractivity contribution in [3.8, 4) is 22.3 Å². The molecule has 9 rings (SSSR count). The summed E-state index contributed by atoms with van der Waals surface area (Å²) in [5.41, 5.74) is 5.75. The zero-order valence-electron chi connectivity index (χ0n) is 26.6. The fraction of sp³-hybridized carbons (Fsp3) is 0.0909. The molecule has 0 aliphatic heterocycles. The molecule has 0 fully saturated rings. The van der Waals surface area contributed by atoms with Crippen LogP contribution < -0.4 is 0 Å². The molecule has 0 unspecified atom stereocenters. The van der Waals surface area contributed by atoms with Crippen LogP contribution in [0.25, 0.3) is 87.1 Å². The molecule has 1 nitrogen and oxygen atoms in total. The van der Waals surface area contributed by atoms with E-state index in [4.69, 9.17) is 0 Å². The molecule has 1 aromatic heterocycles. The van der Waals surface area contributed by atoms with Crippen molar-refractivity contribution in [3.05, 3.63) is 145 Å². The predicted octanol–water partition coefficient (Wildman–Crippen LogP) is 13.1. The average Bonchev–Trinajstić information content (AvgIpc) is 3.40. The van der Waals surface area contributed by atoms with E-state index in [0.717, 1.165) is 95.8 Å². The number of hydrogen-bond donors (Lipinski definition) is 0. The van der Waals surface area contributed by atoms with Gasteiger partial charge in [0.05, 0.1) is 0 Å². The number of benzene rings is 8. The maximum absolute atomic E-state index is 14.6. The Hall–Kier alpha value is -5.68. The van der Waals surface area contributed by atoms with Gasteiger partial charge in [-0.15, -0.1) is 0 Å². The van der Waals surface area contributed by atoms with Crippen molar-refractivity contribution in [2.24, 2.45) is 0 Å². The van der Waals surface area contributed by atoms with E-state index in [1.54, 1.807) is 36.4 Å². The first-order valence-corrected chi connectivity index (χ1v) is 16.6. The van der Waals surface area contributed by atoms with Crippen LogP contribution in [0.3, 0.4) is 0 Å². The highest BCUT2D eigenvalue weighted by Crippen LogP contribution is 2.44. The first-order valence-electron chi connectivity index (χ1n) is 16.6. The lowest BCUT2D eigenvalue weighted by atomic mass is 9.89. The van der Waals surface area contributed by atoms with Gasteiger partial charge in [0.15, 0.2) is 0 Å². The smallest absolute Gasteiger partial charge is 0.123 e. The van der Waals surface area contributed by atoms with Gasteiger partial charge in [0, 0.05) is 28.4 Å². The number of unbranched alkanes of at least 4 members (excludes halogenated alkanes) is 1. The predicted molar refractivity (Wildman–Crippen MR) is 195 cm³/mol. The van der Waals surface area contributed by atoms with Crippen molar-refractivity contribution in [3.63, 3.8) is 0 Å². The lowest BCUT2D eigenvalue weighted by molar-refractivity contribution is 0.627. The number of rotatable bonds is 5. The van der Waals surface area contributed by atoms with Crippen LogP contribution in [0.15, 0.2) is 121 Å². The molecule has 0 atom stereocenters. The van der Waals surface area contributed by atoms with Gasteiger partial charge >= 0.3 is 0 Å². The largest absolute Gasteiger partial charge is 0.340 e. The molecule has 9 aromatic rings. The van der Waals surface area contributed by atoms with Crippen LogP contribution in [0, 0.1) is 23.3 Å². The first-order chi connectivity index (χ1) is 23.9. The number of halogens is 4. The van der Waals surface area contributed by atoms with Crippen LogP contribution in [-0.2, 0) is 6.54 Å². The second kappa shape index (κ2) is 11.2. The van der Waals surface area contributed by atoms with Crippen LogP contribution >= 0.6 is 0 Å². The SMILES string of the molecule is CCCCn1c2cc3c(-c4ccc(F)cc4)c(-c4ccc(F)cc4)ccc3cc2c2cc3c4ccc(F)cc4c4cc(F)ccc4c3cc21. The summed E-state index contributed by atoms with van der Waals surface area (Å²) in [5, 5.41) is 9.27. The number of hydrogen-bond acceptors (Lipinski definition) is 0. The Bertz CT molecular complexity index is 2780. The molecule has 0 saturated heterocycles. The topological polar surface area (TPSA) is 4.93 Å². The summed E-state index contributed by atoms with van der Waals surface area (Å²) in [4.78, 5) is 0. The Morgan fingerprint density at radius 1 is 0.429 bits per heavy atom. The summed E-state index contributed by atoms with van der Waals surface area (Å²) >= 11 is 0. The Balaban J connectivity index is 1.42. The van der Waals surface area contributed by atoms with Crippen molar-refractivity contribution >= 4 is 64.9 Å².